The lowest BCUT2D eigenvalue weighted by atomic mass is 10.2. The van der Waals surface area contributed by atoms with Gasteiger partial charge in [0, 0.05) is 18.4 Å². The largest absolute Gasteiger partial charge is 0.497 e. The molecule has 0 unspecified atom stereocenters. The van der Waals surface area contributed by atoms with Crippen LogP contribution in [0, 0.1) is 6.92 Å². The fraction of sp³-hybridized carbons (Fsp3) is 0.200. The summed E-state index contributed by atoms with van der Waals surface area (Å²) in [7, 11) is 1.63. The minimum Gasteiger partial charge on any atom is -0.497 e. The molecule has 0 bridgehead atoms. The van der Waals surface area contributed by atoms with Gasteiger partial charge in [0.25, 0.3) is 5.91 Å². The van der Waals surface area contributed by atoms with Crippen LogP contribution < -0.4 is 10.1 Å². The van der Waals surface area contributed by atoms with E-state index in [1.807, 2.05) is 37.3 Å². The van der Waals surface area contributed by atoms with Gasteiger partial charge >= 0.3 is 0 Å². The van der Waals surface area contributed by atoms with E-state index in [1.54, 1.807) is 19.4 Å². The molecule has 0 saturated carbocycles. The van der Waals surface area contributed by atoms with Crippen LogP contribution in [0.2, 0.25) is 0 Å². The number of carbonyl (C=O) groups is 1. The Morgan fingerprint density at radius 3 is 2.53 bits per heavy atom. The maximum Gasteiger partial charge on any atom is 0.253 e. The lowest BCUT2D eigenvalue weighted by Crippen LogP contribution is -2.22. The van der Waals surface area contributed by atoms with Gasteiger partial charge in [0.2, 0.25) is 0 Å². The number of amides is 1. The molecule has 98 valence electrons. The van der Waals surface area contributed by atoms with Crippen LogP contribution in [-0.2, 0) is 6.54 Å². The predicted molar refractivity (Wildman–Crippen MR) is 73.1 cm³/mol. The molecule has 1 aromatic carbocycles. The fourth-order valence-electron chi connectivity index (χ4n) is 1.63. The zero-order valence-electron chi connectivity index (χ0n) is 11.0. The van der Waals surface area contributed by atoms with E-state index < -0.39 is 0 Å². The topological polar surface area (TPSA) is 51.2 Å². The molecule has 1 heterocycles. The highest BCUT2D eigenvalue weighted by atomic mass is 16.5. The molecule has 0 aliphatic rings. The molecule has 19 heavy (non-hydrogen) atoms. The molecule has 0 fully saturated rings. The van der Waals surface area contributed by atoms with Crippen molar-refractivity contribution in [2.24, 2.45) is 0 Å². The molecular weight excluding hydrogens is 240 g/mol. The van der Waals surface area contributed by atoms with Crippen LogP contribution in [0.5, 0.6) is 5.75 Å². The molecule has 0 radical (unpaired) electrons. The summed E-state index contributed by atoms with van der Waals surface area (Å²) in [5, 5.41) is 2.85. The first-order valence-electron chi connectivity index (χ1n) is 6.03. The molecule has 4 nitrogen and oxygen atoms in total. The third-order valence-electron chi connectivity index (χ3n) is 2.79. The molecule has 0 aliphatic heterocycles. The zero-order chi connectivity index (χ0) is 13.7. The van der Waals surface area contributed by atoms with Crippen molar-refractivity contribution in [3.63, 3.8) is 0 Å². The summed E-state index contributed by atoms with van der Waals surface area (Å²) in [5.41, 5.74) is 2.49. The Balaban J connectivity index is 1.94. The van der Waals surface area contributed by atoms with Crippen LogP contribution in [0.1, 0.15) is 21.6 Å². The highest BCUT2D eigenvalue weighted by Crippen LogP contribution is 2.11. The van der Waals surface area contributed by atoms with Crippen molar-refractivity contribution >= 4 is 5.91 Å². The number of nitrogens with zero attached hydrogens (tertiary/aromatic N) is 1. The van der Waals surface area contributed by atoms with Crippen LogP contribution in [-0.4, -0.2) is 18.0 Å². The number of benzene rings is 1. The summed E-state index contributed by atoms with van der Waals surface area (Å²) in [6.07, 6.45) is 1.58. The first-order valence-corrected chi connectivity index (χ1v) is 6.03. The molecule has 1 N–H and O–H groups in total. The number of hydrogen-bond acceptors (Lipinski definition) is 3. The van der Waals surface area contributed by atoms with Gasteiger partial charge in [-0.25, -0.2) is 0 Å². The standard InChI is InChI=1S/C15H16N2O2/c1-11-3-6-13(10-16-11)15(18)17-9-12-4-7-14(19-2)8-5-12/h3-8,10H,9H2,1-2H3,(H,17,18). The number of hydrogen-bond donors (Lipinski definition) is 1. The molecule has 2 aromatic rings. The van der Waals surface area contributed by atoms with E-state index in [0.717, 1.165) is 17.0 Å². The minimum absolute atomic E-state index is 0.122. The molecule has 2 rings (SSSR count). The van der Waals surface area contributed by atoms with Crippen LogP contribution in [0.15, 0.2) is 42.6 Å². The SMILES string of the molecule is COc1ccc(CNC(=O)c2ccc(C)nc2)cc1. The van der Waals surface area contributed by atoms with Crippen molar-refractivity contribution in [1.82, 2.24) is 10.3 Å². The Labute approximate surface area is 112 Å². The van der Waals surface area contributed by atoms with Crippen molar-refractivity contribution in [1.29, 1.82) is 0 Å². The Kier molecular flexibility index (Phi) is 4.13. The Morgan fingerprint density at radius 2 is 1.95 bits per heavy atom. The van der Waals surface area contributed by atoms with Crippen molar-refractivity contribution in [2.45, 2.75) is 13.5 Å². The smallest absolute Gasteiger partial charge is 0.253 e. The number of aryl methyl sites for hydroxylation is 1. The number of pyridine rings is 1. The first kappa shape index (κ1) is 13.1. The Bertz CT molecular complexity index is 547. The summed E-state index contributed by atoms with van der Waals surface area (Å²) in [6.45, 7) is 2.37. The lowest BCUT2D eigenvalue weighted by molar-refractivity contribution is 0.0950. The third kappa shape index (κ3) is 3.55. The summed E-state index contributed by atoms with van der Waals surface area (Å²) >= 11 is 0. The Hall–Kier alpha value is -2.36. The molecular formula is C15H16N2O2. The minimum atomic E-state index is -0.122. The number of nitrogens with one attached hydrogen (secondary N) is 1. The summed E-state index contributed by atoms with van der Waals surface area (Å²) in [4.78, 5) is 16.0. The molecule has 0 spiro atoms. The second-order valence-electron chi connectivity index (χ2n) is 4.22. The predicted octanol–water partition coefficient (Wildman–Crippen LogP) is 2.33. The van der Waals surface area contributed by atoms with E-state index in [0.29, 0.717) is 12.1 Å². The third-order valence-corrected chi connectivity index (χ3v) is 2.79. The molecule has 1 aromatic heterocycles. The summed E-state index contributed by atoms with van der Waals surface area (Å²) in [5.74, 6) is 0.682. The van der Waals surface area contributed by atoms with Gasteiger partial charge in [0.15, 0.2) is 0 Å². The van der Waals surface area contributed by atoms with Crippen molar-refractivity contribution in [3.8, 4) is 5.75 Å². The molecule has 0 saturated heterocycles. The van der Waals surface area contributed by atoms with Gasteiger partial charge < -0.3 is 10.1 Å². The molecule has 0 aliphatic carbocycles. The molecule has 1 amide bonds. The normalized spacial score (nSPS) is 10.0. The first-order chi connectivity index (χ1) is 9.19. The maximum atomic E-state index is 11.9. The van der Waals surface area contributed by atoms with Gasteiger partial charge in [-0.2, -0.15) is 0 Å². The summed E-state index contributed by atoms with van der Waals surface area (Å²) < 4.78 is 5.08. The van der Waals surface area contributed by atoms with E-state index >= 15 is 0 Å². The second-order valence-corrected chi connectivity index (χ2v) is 4.22. The zero-order valence-corrected chi connectivity index (χ0v) is 11.0. The fourth-order valence-corrected chi connectivity index (χ4v) is 1.63. The number of aromatic nitrogens is 1. The van der Waals surface area contributed by atoms with Gasteiger partial charge in [-0.15, -0.1) is 0 Å². The number of methoxy groups -OCH3 is 1. The molecule has 0 atom stereocenters. The van der Waals surface area contributed by atoms with Crippen LogP contribution in [0.4, 0.5) is 0 Å². The van der Waals surface area contributed by atoms with Crippen LogP contribution in [0.25, 0.3) is 0 Å². The molecule has 4 heteroatoms. The monoisotopic (exact) mass is 256 g/mol. The number of carbonyl (C=O) groups excluding carboxylic acids is 1. The average molecular weight is 256 g/mol. The van der Waals surface area contributed by atoms with Crippen molar-refractivity contribution in [3.05, 3.63) is 59.4 Å². The second kappa shape index (κ2) is 6.00. The van der Waals surface area contributed by atoms with Gasteiger partial charge in [-0.3, -0.25) is 9.78 Å². The van der Waals surface area contributed by atoms with Crippen molar-refractivity contribution < 1.29 is 9.53 Å². The van der Waals surface area contributed by atoms with E-state index in [9.17, 15) is 4.79 Å². The van der Waals surface area contributed by atoms with Crippen LogP contribution in [0.3, 0.4) is 0 Å². The van der Waals surface area contributed by atoms with E-state index in [-0.39, 0.29) is 5.91 Å². The Morgan fingerprint density at radius 1 is 1.21 bits per heavy atom. The van der Waals surface area contributed by atoms with Gasteiger partial charge in [0.05, 0.1) is 12.7 Å². The quantitative estimate of drug-likeness (QED) is 0.913. The van der Waals surface area contributed by atoms with Gasteiger partial charge in [0.1, 0.15) is 5.75 Å². The summed E-state index contributed by atoms with van der Waals surface area (Å²) in [6, 6.07) is 11.2. The van der Waals surface area contributed by atoms with E-state index in [1.165, 1.54) is 0 Å². The average Bonchev–Trinajstić information content (AvgIpc) is 2.46. The highest BCUT2D eigenvalue weighted by Gasteiger charge is 2.05. The number of ether oxygens (including phenoxy) is 1. The number of rotatable bonds is 4. The van der Waals surface area contributed by atoms with Crippen LogP contribution >= 0.6 is 0 Å². The maximum absolute atomic E-state index is 11.9. The highest BCUT2D eigenvalue weighted by molar-refractivity contribution is 5.93. The van der Waals surface area contributed by atoms with Crippen molar-refractivity contribution in [2.75, 3.05) is 7.11 Å². The van der Waals surface area contributed by atoms with E-state index in [2.05, 4.69) is 10.3 Å². The lowest BCUT2D eigenvalue weighted by Gasteiger charge is -2.06. The van der Waals surface area contributed by atoms with Gasteiger partial charge in [-0.1, -0.05) is 12.1 Å². The van der Waals surface area contributed by atoms with E-state index in [4.69, 9.17) is 4.74 Å². The van der Waals surface area contributed by atoms with Gasteiger partial charge in [-0.05, 0) is 36.8 Å².